The minimum atomic E-state index is -0.0929. The highest BCUT2D eigenvalue weighted by Crippen LogP contribution is 2.19. The number of carbonyl (C=O) groups is 1. The lowest BCUT2D eigenvalue weighted by atomic mass is 10.1. The molecule has 0 unspecified atom stereocenters. The summed E-state index contributed by atoms with van der Waals surface area (Å²) in [4.78, 5) is 12.6. The molecule has 4 aromatic rings. The van der Waals surface area contributed by atoms with E-state index in [0.717, 1.165) is 27.8 Å². The fourth-order valence-corrected chi connectivity index (χ4v) is 3.23. The van der Waals surface area contributed by atoms with Crippen LogP contribution in [0.1, 0.15) is 27.0 Å². The zero-order chi connectivity index (χ0) is 20.2. The standard InChI is InChI=1S/C24H23N3O2/c1-17-3-5-18(6-4-17)14-25-24(28)20-9-10-21-15-26-27(23(21)13-20)16-19-7-11-22(29-2)12-8-19/h3-13,15H,14,16H2,1-2H3,(H,25,28). The summed E-state index contributed by atoms with van der Waals surface area (Å²) >= 11 is 0. The molecule has 0 atom stereocenters. The van der Waals surface area contributed by atoms with Crippen molar-refractivity contribution in [1.29, 1.82) is 0 Å². The summed E-state index contributed by atoms with van der Waals surface area (Å²) in [6.45, 7) is 3.18. The van der Waals surface area contributed by atoms with E-state index in [9.17, 15) is 4.79 Å². The molecule has 1 N–H and O–H groups in total. The topological polar surface area (TPSA) is 56.2 Å². The lowest BCUT2D eigenvalue weighted by Gasteiger charge is -2.08. The number of hydrogen-bond donors (Lipinski definition) is 1. The van der Waals surface area contributed by atoms with E-state index in [1.165, 1.54) is 5.56 Å². The Kier molecular flexibility index (Phi) is 5.29. The van der Waals surface area contributed by atoms with Gasteiger partial charge in [0, 0.05) is 17.5 Å². The van der Waals surface area contributed by atoms with Crippen molar-refractivity contribution < 1.29 is 9.53 Å². The normalized spacial score (nSPS) is 10.8. The average Bonchev–Trinajstić information content (AvgIpc) is 3.15. The Bertz CT molecular complexity index is 1130. The molecule has 0 saturated carbocycles. The maximum absolute atomic E-state index is 12.6. The number of nitrogens with one attached hydrogen (secondary N) is 1. The van der Waals surface area contributed by atoms with Crippen molar-refractivity contribution in [1.82, 2.24) is 15.1 Å². The predicted octanol–water partition coefficient (Wildman–Crippen LogP) is 4.33. The first-order valence-corrected chi connectivity index (χ1v) is 9.54. The number of benzene rings is 3. The van der Waals surface area contributed by atoms with Crippen molar-refractivity contribution in [3.05, 3.63) is 95.2 Å². The molecule has 5 nitrogen and oxygen atoms in total. The minimum absolute atomic E-state index is 0.0929. The Balaban J connectivity index is 1.50. The van der Waals surface area contributed by atoms with Crippen LogP contribution in [0.5, 0.6) is 5.75 Å². The summed E-state index contributed by atoms with van der Waals surface area (Å²) < 4.78 is 7.12. The molecule has 0 fully saturated rings. The third kappa shape index (κ3) is 4.29. The summed E-state index contributed by atoms with van der Waals surface area (Å²) in [5, 5.41) is 8.49. The first-order valence-electron chi connectivity index (χ1n) is 9.54. The molecule has 146 valence electrons. The van der Waals surface area contributed by atoms with E-state index in [0.29, 0.717) is 18.7 Å². The monoisotopic (exact) mass is 385 g/mol. The number of rotatable bonds is 6. The van der Waals surface area contributed by atoms with E-state index in [-0.39, 0.29) is 5.91 Å². The molecule has 1 aromatic heterocycles. The second-order valence-corrected chi connectivity index (χ2v) is 7.09. The second kappa shape index (κ2) is 8.19. The predicted molar refractivity (Wildman–Crippen MR) is 114 cm³/mol. The number of methoxy groups -OCH3 is 1. The van der Waals surface area contributed by atoms with E-state index in [2.05, 4.69) is 10.4 Å². The highest BCUT2D eigenvalue weighted by Gasteiger charge is 2.10. The van der Waals surface area contributed by atoms with Crippen LogP contribution in [0, 0.1) is 6.92 Å². The van der Waals surface area contributed by atoms with Crippen LogP contribution in [0.4, 0.5) is 0 Å². The number of nitrogens with zero attached hydrogens (tertiary/aromatic N) is 2. The summed E-state index contributed by atoms with van der Waals surface area (Å²) in [6.07, 6.45) is 1.83. The Morgan fingerprint density at radius 2 is 1.72 bits per heavy atom. The van der Waals surface area contributed by atoms with Gasteiger partial charge in [0.15, 0.2) is 0 Å². The maximum Gasteiger partial charge on any atom is 0.251 e. The SMILES string of the molecule is COc1ccc(Cn2ncc3ccc(C(=O)NCc4ccc(C)cc4)cc32)cc1. The van der Waals surface area contributed by atoms with Crippen LogP contribution in [0.2, 0.25) is 0 Å². The number of fused-ring (bicyclic) bond motifs is 1. The number of aryl methyl sites for hydroxylation is 1. The van der Waals surface area contributed by atoms with Crippen LogP contribution in [-0.4, -0.2) is 22.8 Å². The van der Waals surface area contributed by atoms with Crippen LogP contribution in [0.15, 0.2) is 72.9 Å². The molecule has 0 spiro atoms. The van der Waals surface area contributed by atoms with E-state index < -0.39 is 0 Å². The fraction of sp³-hybridized carbons (Fsp3) is 0.167. The van der Waals surface area contributed by atoms with Gasteiger partial charge in [0.1, 0.15) is 5.75 Å². The summed E-state index contributed by atoms with van der Waals surface area (Å²) in [5.74, 6) is 0.733. The zero-order valence-corrected chi connectivity index (χ0v) is 16.6. The quantitative estimate of drug-likeness (QED) is 0.537. The van der Waals surface area contributed by atoms with Gasteiger partial charge >= 0.3 is 0 Å². The van der Waals surface area contributed by atoms with E-state index in [4.69, 9.17) is 4.74 Å². The highest BCUT2D eigenvalue weighted by atomic mass is 16.5. The molecule has 1 amide bonds. The Hall–Kier alpha value is -3.60. The third-order valence-electron chi connectivity index (χ3n) is 4.97. The average molecular weight is 385 g/mol. The van der Waals surface area contributed by atoms with E-state index in [1.54, 1.807) is 7.11 Å². The van der Waals surface area contributed by atoms with Crippen LogP contribution in [0.25, 0.3) is 10.9 Å². The van der Waals surface area contributed by atoms with Gasteiger partial charge in [0.25, 0.3) is 5.91 Å². The van der Waals surface area contributed by atoms with E-state index >= 15 is 0 Å². The van der Waals surface area contributed by atoms with Gasteiger partial charge in [-0.25, -0.2) is 0 Å². The zero-order valence-electron chi connectivity index (χ0n) is 16.6. The van der Waals surface area contributed by atoms with Crippen molar-refractivity contribution in [2.75, 3.05) is 7.11 Å². The molecule has 5 heteroatoms. The van der Waals surface area contributed by atoms with Crippen LogP contribution >= 0.6 is 0 Å². The first kappa shape index (κ1) is 18.7. The van der Waals surface area contributed by atoms with Gasteiger partial charge in [-0.15, -0.1) is 0 Å². The Morgan fingerprint density at radius 1 is 1.00 bits per heavy atom. The third-order valence-corrected chi connectivity index (χ3v) is 4.97. The molecule has 0 aliphatic carbocycles. The molecule has 0 saturated heterocycles. The maximum atomic E-state index is 12.6. The van der Waals surface area contributed by atoms with Crippen molar-refractivity contribution in [2.45, 2.75) is 20.0 Å². The smallest absolute Gasteiger partial charge is 0.251 e. The molecule has 3 aromatic carbocycles. The van der Waals surface area contributed by atoms with Crippen LogP contribution in [0.3, 0.4) is 0 Å². The number of ether oxygens (including phenoxy) is 1. The number of amides is 1. The molecule has 0 radical (unpaired) electrons. The highest BCUT2D eigenvalue weighted by molar-refractivity contribution is 5.97. The first-order chi connectivity index (χ1) is 14.1. The molecule has 1 heterocycles. The second-order valence-electron chi connectivity index (χ2n) is 7.09. The molecule has 0 aliphatic heterocycles. The van der Waals surface area contributed by atoms with Gasteiger partial charge in [0.05, 0.1) is 25.4 Å². The summed E-state index contributed by atoms with van der Waals surface area (Å²) in [5.41, 5.74) is 4.96. The number of aromatic nitrogens is 2. The summed E-state index contributed by atoms with van der Waals surface area (Å²) in [6, 6.07) is 21.7. The number of carbonyl (C=O) groups excluding carboxylic acids is 1. The van der Waals surface area contributed by atoms with Gasteiger partial charge in [-0.2, -0.15) is 5.10 Å². The lowest BCUT2D eigenvalue weighted by Crippen LogP contribution is -2.22. The van der Waals surface area contributed by atoms with Crippen LogP contribution < -0.4 is 10.1 Å². The van der Waals surface area contributed by atoms with Gasteiger partial charge < -0.3 is 10.1 Å². The van der Waals surface area contributed by atoms with Gasteiger partial charge in [-0.05, 0) is 42.3 Å². The largest absolute Gasteiger partial charge is 0.497 e. The van der Waals surface area contributed by atoms with Crippen molar-refractivity contribution >= 4 is 16.8 Å². The molecular formula is C24H23N3O2. The van der Waals surface area contributed by atoms with Gasteiger partial charge in [-0.1, -0.05) is 48.0 Å². The molecular weight excluding hydrogens is 362 g/mol. The van der Waals surface area contributed by atoms with Gasteiger partial charge in [-0.3, -0.25) is 9.48 Å². The van der Waals surface area contributed by atoms with Gasteiger partial charge in [0.2, 0.25) is 0 Å². The van der Waals surface area contributed by atoms with Crippen molar-refractivity contribution in [2.24, 2.45) is 0 Å². The fourth-order valence-electron chi connectivity index (χ4n) is 3.23. The van der Waals surface area contributed by atoms with E-state index in [1.807, 2.05) is 84.5 Å². The molecule has 29 heavy (non-hydrogen) atoms. The summed E-state index contributed by atoms with van der Waals surface area (Å²) in [7, 11) is 1.65. The van der Waals surface area contributed by atoms with Crippen molar-refractivity contribution in [3.63, 3.8) is 0 Å². The lowest BCUT2D eigenvalue weighted by molar-refractivity contribution is 0.0951. The molecule has 0 aliphatic rings. The number of hydrogen-bond acceptors (Lipinski definition) is 3. The Morgan fingerprint density at radius 3 is 2.45 bits per heavy atom. The minimum Gasteiger partial charge on any atom is -0.497 e. The van der Waals surface area contributed by atoms with Crippen LogP contribution in [-0.2, 0) is 13.1 Å². The molecule has 4 rings (SSSR count). The Labute approximate surface area is 169 Å². The van der Waals surface area contributed by atoms with Crippen molar-refractivity contribution in [3.8, 4) is 5.75 Å². The molecule has 0 bridgehead atoms.